The Hall–Kier alpha value is -0.271. The zero-order chi connectivity index (χ0) is 7.82. The predicted octanol–water partition coefficient (Wildman–Crippen LogP) is 2.20. The number of hydrogen-bond acceptors (Lipinski definition) is 1. The normalized spacial score (nSPS) is 9.55. The first-order valence-electron chi connectivity index (χ1n) is 3.67. The first-order chi connectivity index (χ1) is 4.77. The van der Waals surface area contributed by atoms with Crippen LogP contribution in [-0.4, -0.2) is 11.1 Å². The summed E-state index contributed by atoms with van der Waals surface area (Å²) in [4.78, 5) is 9.95. The van der Waals surface area contributed by atoms with E-state index in [0.29, 0.717) is 0 Å². The molecule has 0 bridgehead atoms. The predicted molar refractivity (Wildman–Crippen MR) is 40.9 cm³/mol. The number of carboxylic acid groups (broad SMARTS) is 1. The molecule has 0 aromatic rings. The van der Waals surface area contributed by atoms with Crippen molar-refractivity contribution in [2.45, 2.75) is 32.6 Å². The third kappa shape index (κ3) is 12.8. The summed E-state index contributed by atoms with van der Waals surface area (Å²) >= 11 is 0. The number of carbonyl (C=O) groups is 1. The molecule has 0 aliphatic carbocycles. The largest absolute Gasteiger partial charge is 0.478 e. The second-order valence-corrected chi connectivity index (χ2v) is 2.24. The van der Waals surface area contributed by atoms with E-state index >= 15 is 0 Å². The first kappa shape index (κ1) is 13.3. The first-order valence-corrected chi connectivity index (χ1v) is 3.67. The minimum Gasteiger partial charge on any atom is -0.478 e. The number of hydrogen-bond donors (Lipinski definition) is 1. The van der Waals surface area contributed by atoms with Crippen molar-refractivity contribution in [1.29, 1.82) is 0 Å². The molecule has 2 nitrogen and oxygen atoms in total. The van der Waals surface area contributed by atoms with Crippen molar-refractivity contribution >= 4 is 5.97 Å². The smallest absolute Gasteiger partial charge is 0.327 e. The van der Waals surface area contributed by atoms with E-state index in [-0.39, 0.29) is 17.1 Å². The quantitative estimate of drug-likeness (QED) is 0.425. The van der Waals surface area contributed by atoms with Crippen molar-refractivity contribution in [3.63, 3.8) is 0 Å². The number of allylic oxidation sites excluding steroid dienone is 1. The molecule has 0 atom stereocenters. The van der Waals surface area contributed by atoms with Gasteiger partial charge in [0, 0.05) is 23.1 Å². The Balaban J connectivity index is 0. The Morgan fingerprint density at radius 1 is 1.45 bits per heavy atom. The van der Waals surface area contributed by atoms with E-state index in [1.165, 1.54) is 18.9 Å². The molecule has 0 amide bonds. The number of carboxylic acids is 1. The van der Waals surface area contributed by atoms with E-state index < -0.39 is 5.97 Å². The monoisotopic (exact) mass is 205 g/mol. The molecule has 1 radical (unpaired) electrons. The average Bonchev–Trinajstić information content (AvgIpc) is 1.87. The van der Waals surface area contributed by atoms with Crippen LogP contribution in [0.5, 0.6) is 0 Å². The van der Waals surface area contributed by atoms with Crippen molar-refractivity contribution in [3.8, 4) is 0 Å². The maximum Gasteiger partial charge on any atom is 0.327 e. The van der Waals surface area contributed by atoms with Crippen LogP contribution in [-0.2, 0) is 21.9 Å². The molecular formula is C8H14CuO2. The molecule has 3 heteroatoms. The molecule has 0 aliphatic heterocycles. The van der Waals surface area contributed by atoms with Gasteiger partial charge in [0.25, 0.3) is 0 Å². The van der Waals surface area contributed by atoms with Crippen LogP contribution in [0.15, 0.2) is 12.2 Å². The molecule has 69 valence electrons. The van der Waals surface area contributed by atoms with Crippen molar-refractivity contribution in [2.24, 2.45) is 0 Å². The molecular weight excluding hydrogens is 192 g/mol. The molecule has 0 aliphatic rings. The van der Waals surface area contributed by atoms with Crippen LogP contribution in [0.1, 0.15) is 32.6 Å². The van der Waals surface area contributed by atoms with Gasteiger partial charge in [0.15, 0.2) is 0 Å². The molecule has 0 aromatic heterocycles. The van der Waals surface area contributed by atoms with Gasteiger partial charge in [0.1, 0.15) is 0 Å². The third-order valence-electron chi connectivity index (χ3n) is 1.23. The van der Waals surface area contributed by atoms with Gasteiger partial charge in [-0.25, -0.2) is 4.79 Å². The third-order valence-corrected chi connectivity index (χ3v) is 1.23. The maximum atomic E-state index is 9.95. The standard InChI is InChI=1S/C8H14O2.Cu/c1-2-3-4-5-6-7-8(9)10;/h6-7H,2-5H2,1H3,(H,9,10);. The van der Waals surface area contributed by atoms with Crippen LogP contribution in [0.3, 0.4) is 0 Å². The number of aliphatic carboxylic acids is 1. The van der Waals surface area contributed by atoms with Crippen molar-refractivity contribution in [2.75, 3.05) is 0 Å². The summed E-state index contributed by atoms with van der Waals surface area (Å²) in [5.41, 5.74) is 0. The van der Waals surface area contributed by atoms with Crippen LogP contribution < -0.4 is 0 Å². The van der Waals surface area contributed by atoms with E-state index in [4.69, 9.17) is 5.11 Å². The van der Waals surface area contributed by atoms with Crippen molar-refractivity contribution in [1.82, 2.24) is 0 Å². The van der Waals surface area contributed by atoms with Crippen LogP contribution in [0.25, 0.3) is 0 Å². The molecule has 0 spiro atoms. The Labute approximate surface area is 78.2 Å². The van der Waals surface area contributed by atoms with Gasteiger partial charge in [-0.15, -0.1) is 0 Å². The molecule has 0 saturated carbocycles. The SMILES string of the molecule is CCCCCC=CC(=O)O.[Cu]. The molecule has 0 rings (SSSR count). The van der Waals surface area contributed by atoms with Gasteiger partial charge >= 0.3 is 5.97 Å². The Kier molecular flexibility index (Phi) is 11.8. The van der Waals surface area contributed by atoms with Crippen LogP contribution in [0.4, 0.5) is 0 Å². The summed E-state index contributed by atoms with van der Waals surface area (Å²) in [6.45, 7) is 2.13. The summed E-state index contributed by atoms with van der Waals surface area (Å²) in [7, 11) is 0. The fourth-order valence-corrected chi connectivity index (χ4v) is 0.696. The fraction of sp³-hybridized carbons (Fsp3) is 0.625. The van der Waals surface area contributed by atoms with Gasteiger partial charge in [-0.3, -0.25) is 0 Å². The summed E-state index contributed by atoms with van der Waals surface area (Å²) < 4.78 is 0. The Morgan fingerprint density at radius 2 is 2.09 bits per heavy atom. The van der Waals surface area contributed by atoms with Crippen molar-refractivity contribution < 1.29 is 27.0 Å². The number of unbranched alkanes of at least 4 members (excludes halogenated alkanes) is 3. The van der Waals surface area contributed by atoms with Gasteiger partial charge < -0.3 is 5.11 Å². The van der Waals surface area contributed by atoms with Crippen LogP contribution in [0.2, 0.25) is 0 Å². The summed E-state index contributed by atoms with van der Waals surface area (Å²) in [6, 6.07) is 0. The summed E-state index contributed by atoms with van der Waals surface area (Å²) in [6.07, 6.45) is 7.26. The zero-order valence-electron chi connectivity index (χ0n) is 6.64. The topological polar surface area (TPSA) is 37.3 Å². The summed E-state index contributed by atoms with van der Waals surface area (Å²) in [5, 5.41) is 8.18. The number of rotatable bonds is 5. The minimum atomic E-state index is -0.850. The van der Waals surface area contributed by atoms with E-state index in [2.05, 4.69) is 6.92 Å². The van der Waals surface area contributed by atoms with E-state index in [1.807, 2.05) is 0 Å². The van der Waals surface area contributed by atoms with Gasteiger partial charge in [-0.1, -0.05) is 25.8 Å². The van der Waals surface area contributed by atoms with Gasteiger partial charge in [0.05, 0.1) is 0 Å². The Morgan fingerprint density at radius 3 is 2.55 bits per heavy atom. The second kappa shape index (κ2) is 9.73. The van der Waals surface area contributed by atoms with E-state index in [9.17, 15) is 4.79 Å². The molecule has 1 N–H and O–H groups in total. The molecule has 0 aromatic carbocycles. The molecule has 0 unspecified atom stereocenters. The van der Waals surface area contributed by atoms with Gasteiger partial charge in [-0.2, -0.15) is 0 Å². The van der Waals surface area contributed by atoms with Gasteiger partial charge in [-0.05, 0) is 12.8 Å². The average molecular weight is 206 g/mol. The minimum absolute atomic E-state index is 0. The Bertz CT molecular complexity index is 121. The summed E-state index contributed by atoms with van der Waals surface area (Å²) in [5.74, 6) is -0.850. The molecule has 0 fully saturated rings. The van der Waals surface area contributed by atoms with E-state index in [1.54, 1.807) is 6.08 Å². The molecule has 11 heavy (non-hydrogen) atoms. The molecule has 0 saturated heterocycles. The van der Waals surface area contributed by atoms with Crippen LogP contribution >= 0.6 is 0 Å². The fourth-order valence-electron chi connectivity index (χ4n) is 0.696. The van der Waals surface area contributed by atoms with Crippen molar-refractivity contribution in [3.05, 3.63) is 12.2 Å². The molecule has 0 heterocycles. The van der Waals surface area contributed by atoms with E-state index in [0.717, 1.165) is 12.8 Å². The second-order valence-electron chi connectivity index (χ2n) is 2.24. The maximum absolute atomic E-state index is 9.95. The van der Waals surface area contributed by atoms with Crippen LogP contribution in [0, 0.1) is 0 Å². The van der Waals surface area contributed by atoms with Gasteiger partial charge in [0.2, 0.25) is 0 Å². The zero-order valence-corrected chi connectivity index (χ0v) is 7.58.